The average Bonchev–Trinajstić information content (AvgIpc) is 3.00. The van der Waals surface area contributed by atoms with Gasteiger partial charge in [-0.1, -0.05) is 6.42 Å². The van der Waals surface area contributed by atoms with Gasteiger partial charge in [-0.3, -0.25) is 14.6 Å². The summed E-state index contributed by atoms with van der Waals surface area (Å²) >= 11 is 0. The first-order chi connectivity index (χ1) is 10.3. The molecule has 120 valence electrons. The molecule has 1 amide bonds. The van der Waals surface area contributed by atoms with E-state index in [0.717, 1.165) is 43.9 Å². The first-order valence-corrected chi connectivity index (χ1v) is 8.50. The molecule has 0 aromatic heterocycles. The Balaban J connectivity index is 1.40. The first-order valence-electron chi connectivity index (χ1n) is 8.50. The van der Waals surface area contributed by atoms with E-state index >= 15 is 0 Å². The smallest absolute Gasteiger partial charge is 0.234 e. The molecule has 0 radical (unpaired) electrons. The van der Waals surface area contributed by atoms with E-state index in [1.165, 1.54) is 32.4 Å². The predicted molar refractivity (Wildman–Crippen MR) is 82.1 cm³/mol. The number of nitrogens with zero attached hydrogens (tertiary/aromatic N) is 2. The summed E-state index contributed by atoms with van der Waals surface area (Å²) in [5.41, 5.74) is 0. The lowest BCUT2D eigenvalue weighted by atomic mass is 9.90. The summed E-state index contributed by atoms with van der Waals surface area (Å²) < 4.78 is 4.99. The molecule has 3 aliphatic rings. The van der Waals surface area contributed by atoms with E-state index in [1.807, 2.05) is 0 Å². The van der Waals surface area contributed by atoms with Gasteiger partial charge in [-0.25, -0.2) is 0 Å². The molecule has 3 heterocycles. The third-order valence-electron chi connectivity index (χ3n) is 5.41. The van der Waals surface area contributed by atoms with Crippen LogP contribution in [0.5, 0.6) is 0 Å². The largest absolute Gasteiger partial charge is 0.385 e. The van der Waals surface area contributed by atoms with Crippen LogP contribution >= 0.6 is 0 Å². The maximum atomic E-state index is 12.0. The van der Waals surface area contributed by atoms with E-state index in [9.17, 15) is 4.79 Å². The van der Waals surface area contributed by atoms with Gasteiger partial charge < -0.3 is 10.1 Å². The summed E-state index contributed by atoms with van der Waals surface area (Å²) in [5, 5.41) is 3.00. The molecule has 5 heteroatoms. The Labute approximate surface area is 128 Å². The molecule has 0 spiro atoms. The molecular formula is C16H29N3O2. The van der Waals surface area contributed by atoms with Crippen molar-refractivity contribution in [1.82, 2.24) is 15.1 Å². The lowest BCUT2D eigenvalue weighted by Gasteiger charge is -2.33. The maximum absolute atomic E-state index is 12.0. The molecule has 5 nitrogen and oxygen atoms in total. The number of carbonyl (C=O) groups excluding carboxylic acids is 1. The molecular weight excluding hydrogens is 266 g/mol. The molecule has 0 aromatic carbocycles. The van der Waals surface area contributed by atoms with Crippen LogP contribution < -0.4 is 5.32 Å². The van der Waals surface area contributed by atoms with Crippen LogP contribution in [0.3, 0.4) is 0 Å². The average molecular weight is 295 g/mol. The SMILES string of the molecule is COCCCNC(=O)CN1C[C@@H]2CN3CCCC[C@H]3[C@@H]2C1. The predicted octanol–water partition coefficient (Wildman–Crippen LogP) is 0.555. The Morgan fingerprint density at radius 3 is 3.05 bits per heavy atom. The summed E-state index contributed by atoms with van der Waals surface area (Å²) in [5.74, 6) is 1.78. The van der Waals surface area contributed by atoms with Gasteiger partial charge >= 0.3 is 0 Å². The number of nitrogens with one attached hydrogen (secondary N) is 1. The number of hydrogen-bond donors (Lipinski definition) is 1. The molecule has 21 heavy (non-hydrogen) atoms. The molecule has 0 unspecified atom stereocenters. The number of amides is 1. The number of rotatable bonds is 6. The van der Waals surface area contributed by atoms with Crippen LogP contribution in [0, 0.1) is 11.8 Å². The summed E-state index contributed by atoms with van der Waals surface area (Å²) in [6.07, 6.45) is 5.04. The molecule has 0 bridgehead atoms. The quantitative estimate of drug-likeness (QED) is 0.727. The van der Waals surface area contributed by atoms with Crippen LogP contribution in [0.4, 0.5) is 0 Å². The molecule has 0 aromatic rings. The van der Waals surface area contributed by atoms with Gasteiger partial charge in [-0.15, -0.1) is 0 Å². The van der Waals surface area contributed by atoms with Crippen molar-refractivity contribution in [1.29, 1.82) is 0 Å². The van der Waals surface area contributed by atoms with E-state index < -0.39 is 0 Å². The van der Waals surface area contributed by atoms with Gasteiger partial charge in [0, 0.05) is 45.9 Å². The Kier molecular flexibility index (Phi) is 5.14. The van der Waals surface area contributed by atoms with Crippen molar-refractivity contribution in [3.8, 4) is 0 Å². The first kappa shape index (κ1) is 15.3. The summed E-state index contributed by atoms with van der Waals surface area (Å²) in [4.78, 5) is 17.0. The topological polar surface area (TPSA) is 44.8 Å². The number of carbonyl (C=O) groups is 1. The van der Waals surface area contributed by atoms with Crippen molar-refractivity contribution in [3.05, 3.63) is 0 Å². The molecule has 3 saturated heterocycles. The summed E-state index contributed by atoms with van der Waals surface area (Å²) in [7, 11) is 1.69. The lowest BCUT2D eigenvalue weighted by Crippen LogP contribution is -2.42. The minimum atomic E-state index is 0.173. The maximum Gasteiger partial charge on any atom is 0.234 e. The lowest BCUT2D eigenvalue weighted by molar-refractivity contribution is -0.122. The van der Waals surface area contributed by atoms with E-state index in [1.54, 1.807) is 7.11 Å². The second-order valence-electron chi connectivity index (χ2n) is 6.87. The number of likely N-dealkylation sites (tertiary alicyclic amines) is 1. The van der Waals surface area contributed by atoms with Crippen molar-refractivity contribution in [2.24, 2.45) is 11.8 Å². The van der Waals surface area contributed by atoms with Gasteiger partial charge in [-0.2, -0.15) is 0 Å². The molecule has 0 aliphatic carbocycles. The van der Waals surface area contributed by atoms with Gasteiger partial charge in [0.2, 0.25) is 5.91 Å². The van der Waals surface area contributed by atoms with Crippen molar-refractivity contribution < 1.29 is 9.53 Å². The van der Waals surface area contributed by atoms with E-state index in [4.69, 9.17) is 4.74 Å². The number of hydrogen-bond acceptors (Lipinski definition) is 4. The number of ether oxygens (including phenoxy) is 1. The van der Waals surface area contributed by atoms with Crippen molar-refractivity contribution >= 4 is 5.91 Å². The van der Waals surface area contributed by atoms with Crippen LogP contribution in [0.25, 0.3) is 0 Å². The Hall–Kier alpha value is -0.650. The van der Waals surface area contributed by atoms with Crippen LogP contribution in [0.1, 0.15) is 25.7 Å². The highest BCUT2D eigenvalue weighted by atomic mass is 16.5. The third kappa shape index (κ3) is 3.58. The molecule has 3 rings (SSSR count). The zero-order valence-corrected chi connectivity index (χ0v) is 13.2. The van der Waals surface area contributed by atoms with Crippen LogP contribution in [-0.2, 0) is 9.53 Å². The van der Waals surface area contributed by atoms with Gasteiger partial charge in [0.25, 0.3) is 0 Å². The Morgan fingerprint density at radius 2 is 2.19 bits per heavy atom. The Morgan fingerprint density at radius 1 is 1.29 bits per heavy atom. The van der Waals surface area contributed by atoms with Gasteiger partial charge in [0.15, 0.2) is 0 Å². The zero-order valence-electron chi connectivity index (χ0n) is 13.2. The minimum absolute atomic E-state index is 0.173. The third-order valence-corrected chi connectivity index (χ3v) is 5.41. The number of methoxy groups -OCH3 is 1. The van der Waals surface area contributed by atoms with Crippen LogP contribution in [0.2, 0.25) is 0 Å². The highest BCUT2D eigenvalue weighted by Gasteiger charge is 2.47. The molecule has 3 fully saturated rings. The van der Waals surface area contributed by atoms with Crippen molar-refractivity contribution in [2.45, 2.75) is 31.7 Å². The minimum Gasteiger partial charge on any atom is -0.385 e. The standard InChI is InChI=1S/C16H29N3O2/c1-21-8-4-6-17-16(20)12-18-9-13-10-19-7-3-2-5-15(19)14(13)11-18/h13-15H,2-12H2,1H3,(H,17,20)/t13-,14-,15+/m1/s1. The zero-order chi connectivity index (χ0) is 14.7. The second-order valence-corrected chi connectivity index (χ2v) is 6.87. The molecule has 1 N–H and O–H groups in total. The normalized spacial score (nSPS) is 32.9. The fraction of sp³-hybridized carbons (Fsp3) is 0.938. The van der Waals surface area contributed by atoms with Crippen LogP contribution in [0.15, 0.2) is 0 Å². The molecule has 3 aliphatic heterocycles. The van der Waals surface area contributed by atoms with Gasteiger partial charge in [0.1, 0.15) is 0 Å². The monoisotopic (exact) mass is 295 g/mol. The van der Waals surface area contributed by atoms with Crippen molar-refractivity contribution in [2.75, 3.05) is 53.0 Å². The van der Waals surface area contributed by atoms with Gasteiger partial charge in [0.05, 0.1) is 6.54 Å². The summed E-state index contributed by atoms with van der Waals surface area (Å²) in [6.45, 7) is 6.82. The highest BCUT2D eigenvalue weighted by molar-refractivity contribution is 5.78. The van der Waals surface area contributed by atoms with E-state index in [2.05, 4.69) is 15.1 Å². The molecule has 3 atom stereocenters. The second kappa shape index (κ2) is 7.07. The Bertz CT molecular complexity index is 363. The number of fused-ring (bicyclic) bond motifs is 3. The molecule has 0 saturated carbocycles. The van der Waals surface area contributed by atoms with E-state index in [-0.39, 0.29) is 5.91 Å². The van der Waals surface area contributed by atoms with Gasteiger partial charge in [-0.05, 0) is 37.6 Å². The highest BCUT2D eigenvalue weighted by Crippen LogP contribution is 2.40. The fourth-order valence-electron chi connectivity index (χ4n) is 4.48. The summed E-state index contributed by atoms with van der Waals surface area (Å²) in [6, 6.07) is 0.804. The number of piperidine rings is 1. The van der Waals surface area contributed by atoms with Crippen LogP contribution in [-0.4, -0.2) is 74.7 Å². The van der Waals surface area contributed by atoms with E-state index in [0.29, 0.717) is 13.2 Å². The fourth-order valence-corrected chi connectivity index (χ4v) is 4.48. The van der Waals surface area contributed by atoms with Crippen molar-refractivity contribution in [3.63, 3.8) is 0 Å².